The number of para-hydroxylation sites is 1. The number of carbonyl (C=O) groups excluding carboxylic acids is 1. The van der Waals surface area contributed by atoms with Crippen LogP contribution in [0.25, 0.3) is 0 Å². The fourth-order valence-electron chi connectivity index (χ4n) is 2.63. The zero-order chi connectivity index (χ0) is 13.9. The second-order valence-electron chi connectivity index (χ2n) is 5.03. The molecule has 1 unspecified atom stereocenters. The van der Waals surface area contributed by atoms with Gasteiger partial charge in [0.2, 0.25) is 0 Å². The summed E-state index contributed by atoms with van der Waals surface area (Å²) >= 11 is 0. The highest BCUT2D eigenvalue weighted by Crippen LogP contribution is 2.31. The molecule has 102 valence electrons. The summed E-state index contributed by atoms with van der Waals surface area (Å²) < 4.78 is 0. The lowest BCUT2D eigenvalue weighted by atomic mass is 10.1. The summed E-state index contributed by atoms with van der Waals surface area (Å²) in [4.78, 5) is 18.4. The first-order chi connectivity index (χ1) is 9.75. The molecule has 1 atom stereocenters. The Hall–Kier alpha value is -2.36. The summed E-state index contributed by atoms with van der Waals surface area (Å²) in [5.74, 6) is 0. The topological polar surface area (TPSA) is 45.2 Å². The number of hydrogen-bond acceptors (Lipinski definition) is 2. The number of hydrogen-bond donors (Lipinski definition) is 1. The van der Waals surface area contributed by atoms with Crippen LogP contribution < -0.4 is 10.2 Å². The monoisotopic (exact) mass is 267 g/mol. The van der Waals surface area contributed by atoms with Gasteiger partial charge >= 0.3 is 6.03 Å². The first-order valence-electron chi connectivity index (χ1n) is 6.80. The van der Waals surface area contributed by atoms with Crippen molar-refractivity contribution in [3.8, 4) is 0 Å². The first-order valence-corrected chi connectivity index (χ1v) is 6.80. The number of fused-ring (bicyclic) bond motifs is 1. The van der Waals surface area contributed by atoms with Gasteiger partial charge in [0.25, 0.3) is 0 Å². The maximum absolute atomic E-state index is 12.4. The number of aromatic nitrogens is 1. The number of benzene rings is 1. The van der Waals surface area contributed by atoms with Gasteiger partial charge in [0.05, 0.1) is 12.2 Å². The summed E-state index contributed by atoms with van der Waals surface area (Å²) in [7, 11) is 0. The molecule has 0 saturated heterocycles. The normalized spacial score (nSPS) is 16.9. The third kappa shape index (κ3) is 2.37. The molecule has 1 aliphatic heterocycles. The number of anilines is 1. The molecule has 20 heavy (non-hydrogen) atoms. The summed E-state index contributed by atoms with van der Waals surface area (Å²) in [6.45, 7) is 2.52. The molecule has 4 nitrogen and oxygen atoms in total. The van der Waals surface area contributed by atoms with E-state index in [1.807, 2.05) is 41.3 Å². The third-order valence-electron chi connectivity index (χ3n) is 3.57. The predicted octanol–water partition coefficient (Wildman–Crippen LogP) is 2.74. The van der Waals surface area contributed by atoms with E-state index in [-0.39, 0.29) is 12.1 Å². The molecule has 2 heterocycles. The molecule has 0 fully saturated rings. The van der Waals surface area contributed by atoms with Crippen molar-refractivity contribution < 1.29 is 4.79 Å². The van der Waals surface area contributed by atoms with E-state index in [2.05, 4.69) is 23.3 Å². The second kappa shape index (κ2) is 5.33. The van der Waals surface area contributed by atoms with E-state index in [1.165, 1.54) is 5.56 Å². The Morgan fingerprint density at radius 1 is 1.30 bits per heavy atom. The fourth-order valence-corrected chi connectivity index (χ4v) is 2.63. The highest BCUT2D eigenvalue weighted by molar-refractivity contribution is 5.94. The van der Waals surface area contributed by atoms with E-state index in [0.29, 0.717) is 6.54 Å². The van der Waals surface area contributed by atoms with E-state index in [4.69, 9.17) is 0 Å². The van der Waals surface area contributed by atoms with Crippen LogP contribution in [0.3, 0.4) is 0 Å². The van der Waals surface area contributed by atoms with E-state index < -0.39 is 0 Å². The lowest BCUT2D eigenvalue weighted by Crippen LogP contribution is -2.43. The standard InChI is InChI=1S/C16H17N3O/c1-12-10-13-6-2-3-8-15(13)19(12)16(20)18-11-14-7-4-5-9-17-14/h2-9,12H,10-11H2,1H3,(H,18,20). The van der Waals surface area contributed by atoms with Gasteiger partial charge in [-0.3, -0.25) is 9.88 Å². The SMILES string of the molecule is CC1Cc2ccccc2N1C(=O)NCc1ccccn1. The van der Waals surface area contributed by atoms with Crippen LogP contribution in [-0.2, 0) is 13.0 Å². The molecule has 1 aliphatic rings. The maximum atomic E-state index is 12.4. The molecule has 0 bridgehead atoms. The average molecular weight is 267 g/mol. The van der Waals surface area contributed by atoms with Crippen molar-refractivity contribution in [1.82, 2.24) is 10.3 Å². The Morgan fingerprint density at radius 3 is 2.90 bits per heavy atom. The molecule has 4 heteroatoms. The summed E-state index contributed by atoms with van der Waals surface area (Å²) in [5, 5.41) is 2.94. The van der Waals surface area contributed by atoms with E-state index in [1.54, 1.807) is 6.20 Å². The van der Waals surface area contributed by atoms with Crippen LogP contribution in [0.5, 0.6) is 0 Å². The average Bonchev–Trinajstić information content (AvgIpc) is 2.82. The summed E-state index contributed by atoms with van der Waals surface area (Å²) in [5.41, 5.74) is 3.10. The van der Waals surface area contributed by atoms with Crippen LogP contribution in [0.2, 0.25) is 0 Å². The largest absolute Gasteiger partial charge is 0.332 e. The minimum absolute atomic E-state index is 0.0619. The first kappa shape index (κ1) is 12.7. The second-order valence-corrected chi connectivity index (χ2v) is 5.03. The zero-order valence-corrected chi connectivity index (χ0v) is 11.4. The molecule has 0 spiro atoms. The predicted molar refractivity (Wildman–Crippen MR) is 78.6 cm³/mol. The quantitative estimate of drug-likeness (QED) is 0.909. The van der Waals surface area contributed by atoms with Gasteiger partial charge in [-0.25, -0.2) is 4.79 Å². The highest BCUT2D eigenvalue weighted by atomic mass is 16.2. The summed E-state index contributed by atoms with van der Waals surface area (Å²) in [6.07, 6.45) is 2.64. The Labute approximate surface area is 118 Å². The molecule has 3 rings (SSSR count). The van der Waals surface area contributed by atoms with Gasteiger partial charge in [0, 0.05) is 17.9 Å². The fraction of sp³-hybridized carbons (Fsp3) is 0.250. The van der Waals surface area contributed by atoms with Gasteiger partial charge in [-0.2, -0.15) is 0 Å². The van der Waals surface area contributed by atoms with Crippen LogP contribution in [-0.4, -0.2) is 17.1 Å². The Kier molecular flexibility index (Phi) is 3.37. The number of nitrogens with one attached hydrogen (secondary N) is 1. The zero-order valence-electron chi connectivity index (χ0n) is 11.4. The molecule has 2 amide bonds. The number of carbonyl (C=O) groups is 1. The van der Waals surface area contributed by atoms with Crippen molar-refractivity contribution in [2.75, 3.05) is 4.90 Å². The Bertz CT molecular complexity index is 612. The Morgan fingerprint density at radius 2 is 2.10 bits per heavy atom. The molecular weight excluding hydrogens is 250 g/mol. The van der Waals surface area contributed by atoms with Crippen molar-refractivity contribution in [3.63, 3.8) is 0 Å². The van der Waals surface area contributed by atoms with Gasteiger partial charge in [0.1, 0.15) is 0 Å². The Balaban J connectivity index is 1.71. The lowest BCUT2D eigenvalue weighted by Gasteiger charge is -2.23. The van der Waals surface area contributed by atoms with E-state index in [9.17, 15) is 4.79 Å². The molecule has 0 radical (unpaired) electrons. The molecule has 0 saturated carbocycles. The third-order valence-corrected chi connectivity index (χ3v) is 3.57. The highest BCUT2D eigenvalue weighted by Gasteiger charge is 2.30. The molecule has 1 aromatic carbocycles. The van der Waals surface area contributed by atoms with Crippen molar-refractivity contribution in [2.45, 2.75) is 25.9 Å². The summed E-state index contributed by atoms with van der Waals surface area (Å²) in [6, 6.07) is 13.9. The lowest BCUT2D eigenvalue weighted by molar-refractivity contribution is 0.244. The van der Waals surface area contributed by atoms with Crippen LogP contribution in [0.4, 0.5) is 10.5 Å². The number of nitrogens with zero attached hydrogens (tertiary/aromatic N) is 2. The minimum atomic E-state index is -0.0619. The van der Waals surface area contributed by atoms with Gasteiger partial charge < -0.3 is 5.32 Å². The molecule has 2 aromatic rings. The van der Waals surface area contributed by atoms with Crippen LogP contribution in [0.1, 0.15) is 18.2 Å². The molecular formula is C16H17N3O. The number of rotatable bonds is 2. The smallest absolute Gasteiger partial charge is 0.322 e. The number of urea groups is 1. The van der Waals surface area contributed by atoms with Gasteiger partial charge in [-0.1, -0.05) is 24.3 Å². The number of pyridine rings is 1. The van der Waals surface area contributed by atoms with Crippen LogP contribution >= 0.6 is 0 Å². The van der Waals surface area contributed by atoms with E-state index >= 15 is 0 Å². The van der Waals surface area contributed by atoms with Crippen molar-refractivity contribution in [2.24, 2.45) is 0 Å². The van der Waals surface area contributed by atoms with E-state index in [0.717, 1.165) is 17.8 Å². The molecule has 1 aromatic heterocycles. The molecule has 0 aliphatic carbocycles. The van der Waals surface area contributed by atoms with Crippen LogP contribution in [0.15, 0.2) is 48.7 Å². The van der Waals surface area contributed by atoms with Gasteiger partial charge in [-0.05, 0) is 37.1 Å². The van der Waals surface area contributed by atoms with Crippen LogP contribution in [0, 0.1) is 0 Å². The van der Waals surface area contributed by atoms with Crippen molar-refractivity contribution in [1.29, 1.82) is 0 Å². The van der Waals surface area contributed by atoms with Gasteiger partial charge in [0.15, 0.2) is 0 Å². The van der Waals surface area contributed by atoms with Gasteiger partial charge in [-0.15, -0.1) is 0 Å². The molecule has 1 N–H and O–H groups in total. The number of amides is 2. The maximum Gasteiger partial charge on any atom is 0.322 e. The van der Waals surface area contributed by atoms with Crippen molar-refractivity contribution >= 4 is 11.7 Å². The minimum Gasteiger partial charge on any atom is -0.332 e. The van der Waals surface area contributed by atoms with Crippen molar-refractivity contribution in [3.05, 3.63) is 59.9 Å².